The molecule has 0 saturated carbocycles. The lowest BCUT2D eigenvalue weighted by Gasteiger charge is -2.02. The molecule has 86 valence electrons. The highest BCUT2D eigenvalue weighted by molar-refractivity contribution is 5.57. The Morgan fingerprint density at radius 3 is 2.71 bits per heavy atom. The molecule has 0 aliphatic heterocycles. The first-order valence-electron chi connectivity index (χ1n) is 5.18. The quantitative estimate of drug-likeness (QED) is 0.776. The number of aromatic nitrogens is 3. The van der Waals surface area contributed by atoms with Crippen molar-refractivity contribution in [1.29, 1.82) is 0 Å². The van der Waals surface area contributed by atoms with Gasteiger partial charge in [-0.1, -0.05) is 36.4 Å². The maximum atomic E-state index is 11.8. The summed E-state index contributed by atoms with van der Waals surface area (Å²) >= 11 is 0. The van der Waals surface area contributed by atoms with Gasteiger partial charge in [-0.3, -0.25) is 9.78 Å². The third kappa shape index (κ3) is 2.57. The van der Waals surface area contributed by atoms with Gasteiger partial charge in [0.25, 0.3) is 5.56 Å². The molecule has 0 spiro atoms. The Hall–Kier alpha value is -2.43. The summed E-state index contributed by atoms with van der Waals surface area (Å²) in [7, 11) is 0. The number of hydrogen-bond acceptors (Lipinski definition) is 4. The number of hydrogen-bond donors (Lipinski definition) is 2. The van der Waals surface area contributed by atoms with Crippen molar-refractivity contribution in [1.82, 2.24) is 15.2 Å². The second-order valence-corrected chi connectivity index (χ2v) is 3.39. The molecule has 5 nitrogen and oxygen atoms in total. The van der Waals surface area contributed by atoms with Crippen LogP contribution in [0.3, 0.4) is 0 Å². The molecule has 0 aliphatic rings. The van der Waals surface area contributed by atoms with Crippen LogP contribution in [0.15, 0.2) is 47.8 Å². The highest BCUT2D eigenvalue weighted by Crippen LogP contribution is 2.10. The van der Waals surface area contributed by atoms with E-state index in [9.17, 15) is 4.79 Å². The normalized spacial score (nSPS) is 9.88. The third-order valence-electron chi connectivity index (χ3n) is 2.16. The van der Waals surface area contributed by atoms with E-state index >= 15 is 0 Å². The van der Waals surface area contributed by atoms with Crippen molar-refractivity contribution >= 4 is 5.95 Å². The summed E-state index contributed by atoms with van der Waals surface area (Å²) in [4.78, 5) is 14.4. The molecule has 17 heavy (non-hydrogen) atoms. The molecule has 0 amide bonds. The molecule has 1 aromatic heterocycles. The van der Waals surface area contributed by atoms with Crippen LogP contribution in [0.2, 0.25) is 0 Å². The minimum atomic E-state index is -0.266. The van der Waals surface area contributed by atoms with Crippen molar-refractivity contribution in [3.05, 3.63) is 53.3 Å². The van der Waals surface area contributed by atoms with Crippen LogP contribution in [0.25, 0.3) is 11.3 Å². The fourth-order valence-corrected chi connectivity index (χ4v) is 1.37. The first-order chi connectivity index (χ1) is 8.31. The van der Waals surface area contributed by atoms with Gasteiger partial charge in [-0.25, -0.2) is 0 Å². The molecule has 2 aromatic rings. The Morgan fingerprint density at radius 2 is 2.06 bits per heavy atom. The topological polar surface area (TPSA) is 70.7 Å². The number of anilines is 1. The van der Waals surface area contributed by atoms with Crippen LogP contribution in [-0.4, -0.2) is 21.7 Å². The van der Waals surface area contributed by atoms with E-state index < -0.39 is 0 Å². The van der Waals surface area contributed by atoms with Crippen molar-refractivity contribution in [3.63, 3.8) is 0 Å². The van der Waals surface area contributed by atoms with Gasteiger partial charge in [0.15, 0.2) is 5.69 Å². The van der Waals surface area contributed by atoms with Crippen molar-refractivity contribution in [3.8, 4) is 11.3 Å². The number of nitrogens with one attached hydrogen (secondary N) is 2. The lowest BCUT2D eigenvalue weighted by Crippen LogP contribution is -2.16. The maximum absolute atomic E-state index is 11.8. The van der Waals surface area contributed by atoms with Gasteiger partial charge in [0, 0.05) is 12.1 Å². The number of H-pyrrole nitrogens is 1. The van der Waals surface area contributed by atoms with Crippen molar-refractivity contribution in [2.24, 2.45) is 0 Å². The highest BCUT2D eigenvalue weighted by atomic mass is 16.1. The van der Waals surface area contributed by atoms with Gasteiger partial charge in [0.1, 0.15) is 0 Å². The molecule has 0 atom stereocenters. The van der Waals surface area contributed by atoms with E-state index in [0.29, 0.717) is 18.2 Å². The summed E-state index contributed by atoms with van der Waals surface area (Å²) in [5.41, 5.74) is 0.795. The molecule has 5 heteroatoms. The van der Waals surface area contributed by atoms with E-state index in [0.717, 1.165) is 5.56 Å². The van der Waals surface area contributed by atoms with E-state index in [4.69, 9.17) is 0 Å². The summed E-state index contributed by atoms with van der Waals surface area (Å²) < 4.78 is 0. The van der Waals surface area contributed by atoms with E-state index in [1.54, 1.807) is 6.08 Å². The fraction of sp³-hybridized carbons (Fsp3) is 0.0833. The molecular formula is C12H12N4O. The van der Waals surface area contributed by atoms with Gasteiger partial charge in [-0.15, -0.1) is 16.8 Å². The van der Waals surface area contributed by atoms with Gasteiger partial charge < -0.3 is 5.32 Å². The summed E-state index contributed by atoms with van der Waals surface area (Å²) in [6.07, 6.45) is 1.67. The van der Waals surface area contributed by atoms with Crippen LogP contribution in [0, 0.1) is 0 Å². The first-order valence-corrected chi connectivity index (χ1v) is 5.18. The molecule has 1 heterocycles. The monoisotopic (exact) mass is 228 g/mol. The second kappa shape index (κ2) is 5.07. The number of aromatic amines is 1. The number of rotatable bonds is 4. The average Bonchev–Trinajstić information content (AvgIpc) is 2.37. The van der Waals surface area contributed by atoms with Crippen LogP contribution in [-0.2, 0) is 0 Å². The van der Waals surface area contributed by atoms with Gasteiger partial charge in [-0.2, -0.15) is 0 Å². The summed E-state index contributed by atoms with van der Waals surface area (Å²) in [5, 5.41) is 10.7. The lowest BCUT2D eigenvalue weighted by atomic mass is 10.2. The molecule has 0 saturated heterocycles. The minimum Gasteiger partial charge on any atom is -0.351 e. The van der Waals surface area contributed by atoms with Crippen LogP contribution >= 0.6 is 0 Å². The van der Waals surface area contributed by atoms with E-state index in [1.807, 2.05) is 30.3 Å². The molecular weight excluding hydrogens is 216 g/mol. The Kier molecular flexibility index (Phi) is 3.30. The SMILES string of the molecule is C=CCNc1nnc(-c2ccccc2)c(=O)[nH]1. The van der Waals surface area contributed by atoms with Crippen LogP contribution in [0.5, 0.6) is 0 Å². The standard InChI is InChI=1S/C12H12N4O/c1-2-8-13-12-14-11(17)10(15-16-12)9-6-4-3-5-7-9/h2-7H,1,8H2,(H2,13,14,16,17). The Balaban J connectivity index is 2.32. The number of benzene rings is 1. The molecule has 2 rings (SSSR count). The Morgan fingerprint density at radius 1 is 1.29 bits per heavy atom. The van der Waals surface area contributed by atoms with E-state index in [1.165, 1.54) is 0 Å². The van der Waals surface area contributed by atoms with Gasteiger partial charge >= 0.3 is 0 Å². The van der Waals surface area contributed by atoms with Crippen LogP contribution in [0.1, 0.15) is 0 Å². The Bertz CT molecular complexity index is 562. The molecule has 2 N–H and O–H groups in total. The summed E-state index contributed by atoms with van der Waals surface area (Å²) in [6, 6.07) is 9.21. The van der Waals surface area contributed by atoms with Crippen LogP contribution < -0.4 is 10.9 Å². The Labute approximate surface area is 98.2 Å². The molecule has 0 unspecified atom stereocenters. The zero-order chi connectivity index (χ0) is 12.1. The zero-order valence-corrected chi connectivity index (χ0v) is 9.18. The minimum absolute atomic E-state index is 0.266. The maximum Gasteiger partial charge on any atom is 0.279 e. The largest absolute Gasteiger partial charge is 0.351 e. The second-order valence-electron chi connectivity index (χ2n) is 3.39. The summed E-state index contributed by atoms with van der Waals surface area (Å²) in [5.74, 6) is 0.342. The van der Waals surface area contributed by atoms with Gasteiger partial charge in [-0.05, 0) is 0 Å². The van der Waals surface area contributed by atoms with Gasteiger partial charge in [0.05, 0.1) is 0 Å². The third-order valence-corrected chi connectivity index (χ3v) is 2.16. The van der Waals surface area contributed by atoms with Gasteiger partial charge in [0.2, 0.25) is 5.95 Å². The predicted molar refractivity (Wildman–Crippen MR) is 66.8 cm³/mol. The molecule has 0 fully saturated rings. The van der Waals surface area contributed by atoms with E-state index in [2.05, 4.69) is 27.1 Å². The molecule has 0 aliphatic carbocycles. The van der Waals surface area contributed by atoms with Crippen molar-refractivity contribution < 1.29 is 0 Å². The van der Waals surface area contributed by atoms with Crippen molar-refractivity contribution in [2.45, 2.75) is 0 Å². The zero-order valence-electron chi connectivity index (χ0n) is 9.18. The average molecular weight is 228 g/mol. The fourth-order valence-electron chi connectivity index (χ4n) is 1.37. The smallest absolute Gasteiger partial charge is 0.279 e. The number of nitrogens with zero attached hydrogens (tertiary/aromatic N) is 2. The molecule has 0 radical (unpaired) electrons. The summed E-state index contributed by atoms with van der Waals surface area (Å²) in [6.45, 7) is 4.08. The van der Waals surface area contributed by atoms with E-state index in [-0.39, 0.29) is 5.56 Å². The first kappa shape index (κ1) is 11.1. The van der Waals surface area contributed by atoms with Crippen LogP contribution in [0.4, 0.5) is 5.95 Å². The predicted octanol–water partition coefficient (Wildman–Crippen LogP) is 1.43. The highest BCUT2D eigenvalue weighted by Gasteiger charge is 2.05. The van der Waals surface area contributed by atoms with Crippen molar-refractivity contribution in [2.75, 3.05) is 11.9 Å². The molecule has 0 bridgehead atoms. The molecule has 1 aromatic carbocycles. The lowest BCUT2D eigenvalue weighted by molar-refractivity contribution is 0.948.